The van der Waals surface area contributed by atoms with Gasteiger partial charge in [-0.2, -0.15) is 0 Å². The molecule has 0 saturated heterocycles. The second-order valence-electron chi connectivity index (χ2n) is 8.86. The Morgan fingerprint density at radius 3 is 2.70 bits per heavy atom. The van der Waals surface area contributed by atoms with E-state index < -0.39 is 0 Å². The molecule has 0 aliphatic heterocycles. The maximum atomic E-state index is 13.1. The number of rotatable bonds is 3. The number of aromatic amines is 1. The summed E-state index contributed by atoms with van der Waals surface area (Å²) in [6, 6.07) is 2.09. The third kappa shape index (κ3) is 3.09. The van der Waals surface area contributed by atoms with Gasteiger partial charge in [0.1, 0.15) is 0 Å². The standard InChI is InChI=1S/C21H28N4O2/c1-25-19-18(21(27)24-25)16(11-17(23-19)13-6-7-13)20(26)22-15-9-8-12-4-2-3-5-14(12)10-15/h11-15H,2-10H2,1H3,(H,22,26)(H,24,27)/t12-,14+,15+/m0/s1. The molecular weight excluding hydrogens is 340 g/mol. The molecule has 2 N–H and O–H groups in total. The highest BCUT2D eigenvalue weighted by Gasteiger charge is 2.34. The van der Waals surface area contributed by atoms with Crippen LogP contribution in [0.3, 0.4) is 0 Å². The van der Waals surface area contributed by atoms with Crippen molar-refractivity contribution in [2.75, 3.05) is 0 Å². The lowest BCUT2D eigenvalue weighted by Crippen LogP contribution is -2.41. The van der Waals surface area contributed by atoms with Crippen LogP contribution in [0.2, 0.25) is 0 Å². The Balaban J connectivity index is 1.42. The third-order valence-electron chi connectivity index (χ3n) is 6.95. The highest BCUT2D eigenvalue weighted by atomic mass is 16.2. The van der Waals surface area contributed by atoms with Gasteiger partial charge in [0.15, 0.2) is 5.65 Å². The van der Waals surface area contributed by atoms with Crippen LogP contribution in [0.25, 0.3) is 11.0 Å². The van der Waals surface area contributed by atoms with Crippen LogP contribution < -0.4 is 10.9 Å². The van der Waals surface area contributed by atoms with Gasteiger partial charge < -0.3 is 5.32 Å². The quantitative estimate of drug-likeness (QED) is 0.873. The van der Waals surface area contributed by atoms with E-state index in [0.717, 1.165) is 43.2 Å². The fraction of sp³-hybridized carbons (Fsp3) is 0.667. The van der Waals surface area contributed by atoms with Crippen LogP contribution in [0.1, 0.15) is 79.8 Å². The number of amides is 1. The topological polar surface area (TPSA) is 79.8 Å². The number of fused-ring (bicyclic) bond motifs is 2. The molecule has 5 rings (SSSR count). The van der Waals surface area contributed by atoms with E-state index in [1.165, 1.54) is 32.1 Å². The van der Waals surface area contributed by atoms with Crippen molar-refractivity contribution in [1.29, 1.82) is 0 Å². The summed E-state index contributed by atoms with van der Waals surface area (Å²) in [7, 11) is 1.78. The second kappa shape index (κ2) is 6.50. The number of hydrogen-bond donors (Lipinski definition) is 2. The highest BCUT2D eigenvalue weighted by Crippen LogP contribution is 2.41. The van der Waals surface area contributed by atoms with Crippen LogP contribution in [0.4, 0.5) is 0 Å². The molecule has 27 heavy (non-hydrogen) atoms. The van der Waals surface area contributed by atoms with Crippen LogP contribution in [0.15, 0.2) is 10.9 Å². The fourth-order valence-electron chi connectivity index (χ4n) is 5.31. The number of H-pyrrole nitrogens is 1. The molecule has 0 spiro atoms. The van der Waals surface area contributed by atoms with Crippen LogP contribution in [-0.2, 0) is 7.05 Å². The molecule has 0 bridgehead atoms. The number of carbonyl (C=O) groups excluding carboxylic acids is 1. The van der Waals surface area contributed by atoms with Crippen molar-refractivity contribution in [3.8, 4) is 0 Å². The lowest BCUT2D eigenvalue weighted by molar-refractivity contribution is 0.0880. The molecule has 144 valence electrons. The van der Waals surface area contributed by atoms with Crippen molar-refractivity contribution in [2.24, 2.45) is 18.9 Å². The highest BCUT2D eigenvalue weighted by molar-refractivity contribution is 6.05. The summed E-state index contributed by atoms with van der Waals surface area (Å²) in [6.45, 7) is 0. The summed E-state index contributed by atoms with van der Waals surface area (Å²) in [6.07, 6.45) is 11.0. The molecule has 6 nitrogen and oxygen atoms in total. The SMILES string of the molecule is Cn1[nH]c(=O)c2c(C(=O)N[C@@H]3CC[C@@H]4CCCC[C@@H]4C3)cc(C3CC3)nc21. The van der Waals surface area contributed by atoms with Crippen LogP contribution >= 0.6 is 0 Å². The summed E-state index contributed by atoms with van der Waals surface area (Å²) in [5.74, 6) is 1.94. The van der Waals surface area contributed by atoms with Crippen molar-refractivity contribution in [1.82, 2.24) is 20.1 Å². The maximum Gasteiger partial charge on any atom is 0.274 e. The summed E-state index contributed by atoms with van der Waals surface area (Å²) < 4.78 is 1.63. The lowest BCUT2D eigenvalue weighted by Gasteiger charge is -2.39. The van der Waals surface area contributed by atoms with Gasteiger partial charge in [-0.1, -0.05) is 25.7 Å². The minimum atomic E-state index is -0.233. The van der Waals surface area contributed by atoms with Gasteiger partial charge >= 0.3 is 0 Å². The lowest BCUT2D eigenvalue weighted by atomic mass is 9.69. The van der Waals surface area contributed by atoms with Crippen molar-refractivity contribution in [3.05, 3.63) is 27.7 Å². The number of aryl methyl sites for hydroxylation is 1. The summed E-state index contributed by atoms with van der Waals surface area (Å²) in [5.41, 5.74) is 1.79. The molecule has 3 saturated carbocycles. The number of hydrogen-bond acceptors (Lipinski definition) is 3. The number of carbonyl (C=O) groups is 1. The minimum absolute atomic E-state index is 0.111. The summed E-state index contributed by atoms with van der Waals surface area (Å²) in [5, 5.41) is 6.43. The Kier molecular flexibility index (Phi) is 4.10. The molecule has 0 aromatic carbocycles. The summed E-state index contributed by atoms with van der Waals surface area (Å²) in [4.78, 5) is 30.2. The molecule has 2 heterocycles. The van der Waals surface area contributed by atoms with Crippen LogP contribution in [-0.4, -0.2) is 26.7 Å². The number of nitrogens with zero attached hydrogens (tertiary/aromatic N) is 2. The average Bonchev–Trinajstić information content (AvgIpc) is 3.48. The predicted octanol–water partition coefficient (Wildman–Crippen LogP) is 3.23. The first-order valence-electron chi connectivity index (χ1n) is 10.5. The van der Waals surface area contributed by atoms with Crippen molar-refractivity contribution < 1.29 is 4.79 Å². The molecule has 2 aromatic rings. The van der Waals surface area contributed by atoms with E-state index in [-0.39, 0.29) is 17.5 Å². The van der Waals surface area contributed by atoms with Gasteiger partial charge in [0.2, 0.25) is 0 Å². The second-order valence-corrected chi connectivity index (χ2v) is 8.86. The summed E-state index contributed by atoms with van der Waals surface area (Å²) >= 11 is 0. The van der Waals surface area contributed by atoms with Crippen LogP contribution in [0, 0.1) is 11.8 Å². The normalized spacial score (nSPS) is 28.1. The third-order valence-corrected chi connectivity index (χ3v) is 6.95. The van der Waals surface area contributed by atoms with Crippen molar-refractivity contribution >= 4 is 16.9 Å². The minimum Gasteiger partial charge on any atom is -0.349 e. The van der Waals surface area contributed by atoms with E-state index in [4.69, 9.17) is 0 Å². The van der Waals surface area contributed by atoms with Gasteiger partial charge in [-0.05, 0) is 50.0 Å². The maximum absolute atomic E-state index is 13.1. The molecule has 1 amide bonds. The number of nitrogens with one attached hydrogen (secondary N) is 2. The smallest absolute Gasteiger partial charge is 0.274 e. The van der Waals surface area contributed by atoms with Gasteiger partial charge in [-0.25, -0.2) is 4.98 Å². The Bertz CT molecular complexity index is 940. The van der Waals surface area contributed by atoms with Gasteiger partial charge in [-0.3, -0.25) is 19.4 Å². The fourth-order valence-corrected chi connectivity index (χ4v) is 5.31. The molecule has 3 aliphatic rings. The Labute approximate surface area is 158 Å². The predicted molar refractivity (Wildman–Crippen MR) is 104 cm³/mol. The van der Waals surface area contributed by atoms with Gasteiger partial charge in [-0.15, -0.1) is 0 Å². The molecule has 6 heteroatoms. The Morgan fingerprint density at radius 1 is 1.15 bits per heavy atom. The zero-order valence-electron chi connectivity index (χ0n) is 16.0. The van der Waals surface area contributed by atoms with Crippen LogP contribution in [0.5, 0.6) is 0 Å². The van der Waals surface area contributed by atoms with Crippen molar-refractivity contribution in [3.63, 3.8) is 0 Å². The average molecular weight is 368 g/mol. The van der Waals surface area contributed by atoms with E-state index in [2.05, 4.69) is 15.4 Å². The number of aromatic nitrogens is 3. The van der Waals surface area contributed by atoms with E-state index in [9.17, 15) is 9.59 Å². The van der Waals surface area contributed by atoms with Gasteiger partial charge in [0, 0.05) is 24.7 Å². The van der Waals surface area contributed by atoms with E-state index >= 15 is 0 Å². The molecule has 3 fully saturated rings. The monoisotopic (exact) mass is 368 g/mol. The molecular formula is C21H28N4O2. The van der Waals surface area contributed by atoms with Gasteiger partial charge in [0.25, 0.3) is 11.5 Å². The van der Waals surface area contributed by atoms with E-state index in [0.29, 0.717) is 22.5 Å². The zero-order chi connectivity index (χ0) is 18.5. The zero-order valence-corrected chi connectivity index (χ0v) is 16.0. The first-order valence-corrected chi connectivity index (χ1v) is 10.5. The van der Waals surface area contributed by atoms with Gasteiger partial charge in [0.05, 0.1) is 10.9 Å². The molecule has 3 aliphatic carbocycles. The largest absolute Gasteiger partial charge is 0.349 e. The molecule has 2 aromatic heterocycles. The Morgan fingerprint density at radius 2 is 1.93 bits per heavy atom. The van der Waals surface area contributed by atoms with E-state index in [1.54, 1.807) is 11.7 Å². The molecule has 3 atom stereocenters. The first kappa shape index (κ1) is 17.0. The van der Waals surface area contributed by atoms with Crippen molar-refractivity contribution in [2.45, 2.75) is 69.7 Å². The first-order chi connectivity index (χ1) is 13.1. The number of pyridine rings is 1. The Hall–Kier alpha value is -2.11. The molecule has 0 unspecified atom stereocenters. The molecule has 0 radical (unpaired) electrons. The van der Waals surface area contributed by atoms with E-state index in [1.807, 2.05) is 6.07 Å².